The lowest BCUT2D eigenvalue weighted by atomic mass is 10.1. The molecule has 0 aliphatic rings. The molecule has 0 unspecified atom stereocenters. The van der Waals surface area contributed by atoms with Gasteiger partial charge in [-0.2, -0.15) is 0 Å². The van der Waals surface area contributed by atoms with E-state index in [1.54, 1.807) is 0 Å². The van der Waals surface area contributed by atoms with Gasteiger partial charge in [0.05, 0.1) is 10.7 Å². The standard InChI is InChI=1S/C16H27ClN2/c1-5-6-7-10-19(12(2)3)16-9-8-14(13(4)18)11-15(16)17/h8-9,11-13H,5-7,10,18H2,1-4H3/t13-/m0/s1. The van der Waals surface area contributed by atoms with Crippen LogP contribution in [0.4, 0.5) is 5.69 Å². The second-order valence-electron chi connectivity index (χ2n) is 5.49. The molecule has 1 atom stereocenters. The monoisotopic (exact) mass is 282 g/mol. The first kappa shape index (κ1) is 16.3. The van der Waals surface area contributed by atoms with Crippen molar-refractivity contribution < 1.29 is 0 Å². The lowest BCUT2D eigenvalue weighted by Crippen LogP contribution is -2.32. The van der Waals surface area contributed by atoms with E-state index in [1.165, 1.54) is 19.3 Å². The number of nitrogens with zero attached hydrogens (tertiary/aromatic N) is 1. The molecule has 0 amide bonds. The number of unbranched alkanes of at least 4 members (excludes halogenated alkanes) is 2. The van der Waals surface area contributed by atoms with Gasteiger partial charge in [0.1, 0.15) is 0 Å². The average molecular weight is 283 g/mol. The Morgan fingerprint density at radius 3 is 2.37 bits per heavy atom. The zero-order valence-corrected chi connectivity index (χ0v) is 13.4. The van der Waals surface area contributed by atoms with Gasteiger partial charge in [0.25, 0.3) is 0 Å². The van der Waals surface area contributed by atoms with Crippen LogP contribution in [0.2, 0.25) is 5.02 Å². The zero-order chi connectivity index (χ0) is 14.4. The lowest BCUT2D eigenvalue weighted by molar-refractivity contribution is 0.626. The highest BCUT2D eigenvalue weighted by Gasteiger charge is 2.14. The zero-order valence-electron chi connectivity index (χ0n) is 12.6. The van der Waals surface area contributed by atoms with Crippen LogP contribution in [0.1, 0.15) is 58.6 Å². The minimum Gasteiger partial charge on any atom is -0.368 e. The molecule has 1 aromatic rings. The molecule has 1 aromatic carbocycles. The van der Waals surface area contributed by atoms with Gasteiger partial charge >= 0.3 is 0 Å². The van der Waals surface area contributed by atoms with Crippen molar-refractivity contribution in [1.29, 1.82) is 0 Å². The van der Waals surface area contributed by atoms with Crippen LogP contribution in [0.3, 0.4) is 0 Å². The summed E-state index contributed by atoms with van der Waals surface area (Å²) in [6, 6.07) is 6.67. The van der Waals surface area contributed by atoms with Gasteiger partial charge < -0.3 is 10.6 Å². The minimum absolute atomic E-state index is 0.0270. The van der Waals surface area contributed by atoms with E-state index in [0.717, 1.165) is 22.8 Å². The van der Waals surface area contributed by atoms with Gasteiger partial charge in [-0.15, -0.1) is 0 Å². The Morgan fingerprint density at radius 2 is 1.89 bits per heavy atom. The van der Waals surface area contributed by atoms with E-state index >= 15 is 0 Å². The minimum atomic E-state index is 0.0270. The maximum Gasteiger partial charge on any atom is 0.0642 e. The molecule has 2 nitrogen and oxygen atoms in total. The fourth-order valence-corrected chi connectivity index (χ4v) is 2.53. The van der Waals surface area contributed by atoms with Gasteiger partial charge in [-0.1, -0.05) is 37.4 Å². The number of hydrogen-bond acceptors (Lipinski definition) is 2. The molecule has 0 saturated carbocycles. The van der Waals surface area contributed by atoms with Crippen molar-refractivity contribution in [2.75, 3.05) is 11.4 Å². The first-order chi connectivity index (χ1) is 8.97. The molecule has 0 heterocycles. The molecule has 0 aliphatic carbocycles. The predicted octanol–water partition coefficient (Wildman–Crippen LogP) is 4.76. The van der Waals surface area contributed by atoms with E-state index in [0.29, 0.717) is 6.04 Å². The Hall–Kier alpha value is -0.730. The van der Waals surface area contributed by atoms with Crippen LogP contribution in [-0.4, -0.2) is 12.6 Å². The van der Waals surface area contributed by atoms with Gasteiger partial charge in [0.15, 0.2) is 0 Å². The van der Waals surface area contributed by atoms with Crippen molar-refractivity contribution >= 4 is 17.3 Å². The third kappa shape index (κ3) is 4.70. The summed E-state index contributed by atoms with van der Waals surface area (Å²) in [4.78, 5) is 2.38. The number of benzene rings is 1. The summed E-state index contributed by atoms with van der Waals surface area (Å²) in [6.45, 7) is 9.68. The van der Waals surface area contributed by atoms with Gasteiger partial charge in [0.2, 0.25) is 0 Å². The number of rotatable bonds is 7. The molecule has 0 aliphatic heterocycles. The van der Waals surface area contributed by atoms with E-state index in [-0.39, 0.29) is 6.04 Å². The van der Waals surface area contributed by atoms with E-state index in [4.69, 9.17) is 17.3 Å². The summed E-state index contributed by atoms with van der Waals surface area (Å²) < 4.78 is 0. The fraction of sp³-hybridized carbons (Fsp3) is 0.625. The van der Waals surface area contributed by atoms with Gasteiger partial charge in [-0.25, -0.2) is 0 Å². The predicted molar refractivity (Wildman–Crippen MR) is 86.1 cm³/mol. The highest BCUT2D eigenvalue weighted by atomic mass is 35.5. The summed E-state index contributed by atoms with van der Waals surface area (Å²) in [7, 11) is 0. The molecule has 3 heteroatoms. The molecular weight excluding hydrogens is 256 g/mol. The maximum absolute atomic E-state index is 6.43. The molecular formula is C16H27ClN2. The number of anilines is 1. The van der Waals surface area contributed by atoms with Crippen LogP contribution in [0.25, 0.3) is 0 Å². The molecule has 108 valence electrons. The van der Waals surface area contributed by atoms with Gasteiger partial charge in [0, 0.05) is 18.6 Å². The fourth-order valence-electron chi connectivity index (χ4n) is 2.23. The van der Waals surface area contributed by atoms with Crippen LogP contribution >= 0.6 is 11.6 Å². The molecule has 0 aromatic heterocycles. The highest BCUT2D eigenvalue weighted by Crippen LogP contribution is 2.30. The van der Waals surface area contributed by atoms with E-state index in [9.17, 15) is 0 Å². The average Bonchev–Trinajstić information content (AvgIpc) is 2.35. The molecule has 0 fully saturated rings. The maximum atomic E-state index is 6.43. The third-order valence-electron chi connectivity index (χ3n) is 3.43. The van der Waals surface area contributed by atoms with Crippen molar-refractivity contribution in [3.63, 3.8) is 0 Å². The lowest BCUT2D eigenvalue weighted by Gasteiger charge is -2.30. The van der Waals surface area contributed by atoms with E-state index < -0.39 is 0 Å². The van der Waals surface area contributed by atoms with Crippen molar-refractivity contribution in [2.45, 2.75) is 59.0 Å². The molecule has 0 spiro atoms. The normalized spacial score (nSPS) is 12.8. The molecule has 1 rings (SSSR count). The van der Waals surface area contributed by atoms with Crippen molar-refractivity contribution in [3.05, 3.63) is 28.8 Å². The van der Waals surface area contributed by atoms with Crippen LogP contribution in [0.15, 0.2) is 18.2 Å². The quantitative estimate of drug-likeness (QED) is 0.730. The van der Waals surface area contributed by atoms with Crippen molar-refractivity contribution in [2.24, 2.45) is 5.73 Å². The van der Waals surface area contributed by atoms with Crippen LogP contribution in [0, 0.1) is 0 Å². The Balaban J connectivity index is 2.90. The summed E-state index contributed by atoms with van der Waals surface area (Å²) in [6.07, 6.45) is 3.71. The van der Waals surface area contributed by atoms with Gasteiger partial charge in [-0.05, 0) is 44.9 Å². The van der Waals surface area contributed by atoms with Crippen LogP contribution in [-0.2, 0) is 0 Å². The van der Waals surface area contributed by atoms with Crippen LogP contribution < -0.4 is 10.6 Å². The molecule has 19 heavy (non-hydrogen) atoms. The highest BCUT2D eigenvalue weighted by molar-refractivity contribution is 6.33. The number of halogens is 1. The first-order valence-electron chi connectivity index (χ1n) is 7.29. The number of nitrogens with two attached hydrogens (primary N) is 1. The summed E-state index contributed by atoms with van der Waals surface area (Å²) >= 11 is 6.43. The van der Waals surface area contributed by atoms with Crippen LogP contribution in [0.5, 0.6) is 0 Å². The smallest absolute Gasteiger partial charge is 0.0642 e. The molecule has 0 saturated heterocycles. The SMILES string of the molecule is CCCCCN(c1ccc([C@H](C)N)cc1Cl)C(C)C. The Labute approximate surface area is 122 Å². The molecule has 0 radical (unpaired) electrons. The first-order valence-corrected chi connectivity index (χ1v) is 7.66. The third-order valence-corrected chi connectivity index (χ3v) is 3.74. The summed E-state index contributed by atoms with van der Waals surface area (Å²) in [5.41, 5.74) is 8.11. The topological polar surface area (TPSA) is 29.3 Å². The Kier molecular flexibility index (Phi) is 6.67. The molecule has 2 N–H and O–H groups in total. The number of hydrogen-bond donors (Lipinski definition) is 1. The van der Waals surface area contributed by atoms with Crippen molar-refractivity contribution in [3.8, 4) is 0 Å². The molecule has 0 bridgehead atoms. The van der Waals surface area contributed by atoms with Crippen molar-refractivity contribution in [1.82, 2.24) is 0 Å². The Bertz CT molecular complexity index is 388. The Morgan fingerprint density at radius 1 is 1.21 bits per heavy atom. The summed E-state index contributed by atoms with van der Waals surface area (Å²) in [5, 5.41) is 0.806. The van der Waals surface area contributed by atoms with E-state index in [1.807, 2.05) is 13.0 Å². The van der Waals surface area contributed by atoms with Gasteiger partial charge in [-0.3, -0.25) is 0 Å². The second-order valence-corrected chi connectivity index (χ2v) is 5.90. The second kappa shape index (κ2) is 7.76. The van der Waals surface area contributed by atoms with E-state index in [2.05, 4.69) is 37.8 Å². The largest absolute Gasteiger partial charge is 0.368 e. The summed E-state index contributed by atoms with van der Waals surface area (Å²) in [5.74, 6) is 0.